The predicted octanol–water partition coefficient (Wildman–Crippen LogP) is 2.34. The van der Waals surface area contributed by atoms with Crippen LogP contribution in [0.2, 0.25) is 0 Å². The summed E-state index contributed by atoms with van der Waals surface area (Å²) >= 11 is 0.870. The van der Waals surface area contributed by atoms with Crippen LogP contribution in [0.15, 0.2) is 16.9 Å². The second-order valence-corrected chi connectivity index (χ2v) is 6.70. The number of fused-ring (bicyclic) bond motifs is 1. The van der Waals surface area contributed by atoms with Crippen molar-refractivity contribution in [3.63, 3.8) is 0 Å². The van der Waals surface area contributed by atoms with Crippen molar-refractivity contribution in [1.82, 2.24) is 9.88 Å². The van der Waals surface area contributed by atoms with Gasteiger partial charge in [0.2, 0.25) is 0 Å². The maximum absolute atomic E-state index is 12.9. The fraction of sp³-hybridized carbons (Fsp3) is 0.429. The van der Waals surface area contributed by atoms with Gasteiger partial charge in [-0.15, -0.1) is 0 Å². The lowest BCUT2D eigenvalue weighted by molar-refractivity contribution is -0.383. The van der Waals surface area contributed by atoms with Crippen LogP contribution in [0.3, 0.4) is 0 Å². The molecular formula is C14H13F3N4O3S. The summed E-state index contributed by atoms with van der Waals surface area (Å²) < 4.78 is 38.7. The summed E-state index contributed by atoms with van der Waals surface area (Å²) in [6.45, 7) is 2.63. The number of nitro groups is 1. The number of nitro benzene ring substituents is 1. The van der Waals surface area contributed by atoms with Crippen molar-refractivity contribution in [2.75, 3.05) is 38.1 Å². The second kappa shape index (κ2) is 6.23. The molecule has 3 rings (SSSR count). The quantitative estimate of drug-likeness (QED) is 0.593. The van der Waals surface area contributed by atoms with Crippen LogP contribution in [0, 0.1) is 10.1 Å². The molecule has 25 heavy (non-hydrogen) atoms. The molecule has 0 bridgehead atoms. The molecule has 1 fully saturated rings. The summed E-state index contributed by atoms with van der Waals surface area (Å²) in [6, 6.07) is 1.09. The lowest BCUT2D eigenvalue weighted by Gasteiger charge is -2.32. The van der Waals surface area contributed by atoms with E-state index in [1.165, 1.54) is 0 Å². The van der Waals surface area contributed by atoms with Crippen LogP contribution in [0.25, 0.3) is 10.1 Å². The summed E-state index contributed by atoms with van der Waals surface area (Å²) in [5.41, 5.74) is -2.85. The third-order valence-corrected chi connectivity index (χ3v) is 5.15. The van der Waals surface area contributed by atoms with Gasteiger partial charge in [-0.1, -0.05) is 11.3 Å². The maximum Gasteiger partial charge on any atom is 0.416 e. The SMILES string of the molecule is CN1CCN(c2nc(=O)c3cc(C(F)(F)F)cc([N+](=O)[O-])c3s2)CC1. The Bertz CT molecular complexity index is 891. The molecule has 1 aliphatic heterocycles. The number of alkyl halides is 3. The molecule has 7 nitrogen and oxygen atoms in total. The summed E-state index contributed by atoms with van der Waals surface area (Å²) in [6.07, 6.45) is -4.79. The van der Waals surface area contributed by atoms with Crippen LogP contribution in [0.5, 0.6) is 0 Å². The van der Waals surface area contributed by atoms with E-state index in [4.69, 9.17) is 0 Å². The van der Waals surface area contributed by atoms with Gasteiger partial charge < -0.3 is 9.80 Å². The van der Waals surface area contributed by atoms with Gasteiger partial charge in [-0.25, -0.2) is 0 Å². The molecule has 2 aromatic rings. The van der Waals surface area contributed by atoms with Gasteiger partial charge in [0, 0.05) is 32.2 Å². The second-order valence-electron chi connectivity index (χ2n) is 5.72. The molecule has 0 saturated carbocycles. The number of hydrogen-bond acceptors (Lipinski definition) is 7. The molecule has 0 unspecified atom stereocenters. The van der Waals surface area contributed by atoms with E-state index >= 15 is 0 Å². The van der Waals surface area contributed by atoms with Crippen LogP contribution < -0.4 is 10.5 Å². The molecule has 0 atom stereocenters. The summed E-state index contributed by atoms with van der Waals surface area (Å²) in [4.78, 5) is 30.3. The van der Waals surface area contributed by atoms with Gasteiger partial charge >= 0.3 is 6.18 Å². The molecule has 11 heteroatoms. The van der Waals surface area contributed by atoms with Gasteiger partial charge in [-0.2, -0.15) is 18.2 Å². The highest BCUT2D eigenvalue weighted by molar-refractivity contribution is 7.22. The lowest BCUT2D eigenvalue weighted by Crippen LogP contribution is -2.44. The number of aromatic nitrogens is 1. The molecule has 134 valence electrons. The number of benzene rings is 1. The molecule has 2 heterocycles. The van der Waals surface area contributed by atoms with E-state index in [0.29, 0.717) is 25.2 Å². The number of piperazine rings is 1. The van der Waals surface area contributed by atoms with E-state index in [0.717, 1.165) is 24.4 Å². The Morgan fingerprint density at radius 2 is 1.88 bits per heavy atom. The number of rotatable bonds is 2. The number of anilines is 1. The molecule has 1 aromatic heterocycles. The molecule has 1 saturated heterocycles. The van der Waals surface area contributed by atoms with Gasteiger partial charge in [0.05, 0.1) is 15.9 Å². The van der Waals surface area contributed by atoms with E-state index < -0.39 is 27.9 Å². The first-order chi connectivity index (χ1) is 11.7. The van der Waals surface area contributed by atoms with Crippen molar-refractivity contribution in [3.8, 4) is 0 Å². The van der Waals surface area contributed by atoms with E-state index in [9.17, 15) is 28.1 Å². The zero-order valence-corrected chi connectivity index (χ0v) is 13.9. The minimum absolute atomic E-state index is 0.0908. The fourth-order valence-corrected chi connectivity index (χ4v) is 3.69. The van der Waals surface area contributed by atoms with Crippen LogP contribution in [0.4, 0.5) is 24.0 Å². The first kappa shape index (κ1) is 17.5. The van der Waals surface area contributed by atoms with Gasteiger partial charge in [0.1, 0.15) is 4.70 Å². The van der Waals surface area contributed by atoms with E-state index in [1.807, 2.05) is 11.9 Å². The number of hydrogen-bond donors (Lipinski definition) is 0. The standard InChI is InChI=1S/C14H13F3N4O3S/c1-19-2-4-20(5-3-19)13-18-12(22)9-6-8(14(15,16)17)7-10(21(23)24)11(9)25-13/h6-7H,2-5H2,1H3. The van der Waals surface area contributed by atoms with Crippen molar-refractivity contribution in [3.05, 3.63) is 38.2 Å². The molecule has 0 N–H and O–H groups in total. The van der Waals surface area contributed by atoms with Crippen molar-refractivity contribution in [2.24, 2.45) is 0 Å². The Labute approximate surface area is 143 Å². The van der Waals surface area contributed by atoms with Gasteiger partial charge in [-0.05, 0) is 13.1 Å². The van der Waals surface area contributed by atoms with E-state index in [2.05, 4.69) is 9.88 Å². The molecule has 1 aromatic carbocycles. The smallest absolute Gasteiger partial charge is 0.345 e. The highest BCUT2D eigenvalue weighted by Gasteiger charge is 2.34. The topological polar surface area (TPSA) is 79.6 Å². The Morgan fingerprint density at radius 1 is 1.24 bits per heavy atom. The average molecular weight is 374 g/mol. The molecular weight excluding hydrogens is 361 g/mol. The van der Waals surface area contributed by atoms with Gasteiger partial charge in [0.15, 0.2) is 5.13 Å². The maximum atomic E-state index is 12.9. The number of nitrogens with zero attached hydrogens (tertiary/aromatic N) is 4. The lowest BCUT2D eigenvalue weighted by atomic mass is 10.1. The normalized spacial score (nSPS) is 16.4. The Morgan fingerprint density at radius 3 is 2.44 bits per heavy atom. The van der Waals surface area contributed by atoms with Crippen molar-refractivity contribution < 1.29 is 18.1 Å². The number of non-ortho nitro benzene ring substituents is 1. The zero-order valence-electron chi connectivity index (χ0n) is 13.0. The third kappa shape index (κ3) is 3.42. The van der Waals surface area contributed by atoms with Crippen LogP contribution in [0.1, 0.15) is 5.56 Å². The summed E-state index contributed by atoms with van der Waals surface area (Å²) in [5, 5.41) is 11.1. The molecule has 0 amide bonds. The molecule has 1 aliphatic rings. The minimum atomic E-state index is -4.79. The van der Waals surface area contributed by atoms with Crippen LogP contribution in [-0.4, -0.2) is 48.0 Å². The first-order valence-electron chi connectivity index (χ1n) is 7.31. The predicted molar refractivity (Wildman–Crippen MR) is 87.3 cm³/mol. The minimum Gasteiger partial charge on any atom is -0.345 e. The Hall–Kier alpha value is -2.27. The third-order valence-electron chi connectivity index (χ3n) is 3.99. The molecule has 0 spiro atoms. The van der Waals surface area contributed by atoms with E-state index in [1.54, 1.807) is 0 Å². The van der Waals surface area contributed by atoms with Crippen molar-refractivity contribution in [2.45, 2.75) is 6.18 Å². The van der Waals surface area contributed by atoms with Crippen molar-refractivity contribution >= 4 is 32.2 Å². The summed E-state index contributed by atoms with van der Waals surface area (Å²) in [7, 11) is 1.94. The molecule has 0 radical (unpaired) electrons. The summed E-state index contributed by atoms with van der Waals surface area (Å²) in [5.74, 6) is 0. The number of likely N-dealkylation sites (N-methyl/N-ethyl adjacent to an activating group) is 1. The monoisotopic (exact) mass is 374 g/mol. The first-order valence-corrected chi connectivity index (χ1v) is 8.12. The molecule has 0 aliphatic carbocycles. The highest BCUT2D eigenvalue weighted by Crippen LogP contribution is 2.38. The van der Waals surface area contributed by atoms with Gasteiger partial charge in [-0.3, -0.25) is 14.9 Å². The zero-order chi connectivity index (χ0) is 18.4. The van der Waals surface area contributed by atoms with Gasteiger partial charge in [0.25, 0.3) is 11.2 Å². The van der Waals surface area contributed by atoms with Crippen LogP contribution in [-0.2, 0) is 6.18 Å². The van der Waals surface area contributed by atoms with Crippen molar-refractivity contribution in [1.29, 1.82) is 0 Å². The van der Waals surface area contributed by atoms with E-state index in [-0.39, 0.29) is 15.2 Å². The fourth-order valence-electron chi connectivity index (χ4n) is 2.57. The van der Waals surface area contributed by atoms with Crippen LogP contribution >= 0.6 is 11.3 Å². The Kier molecular flexibility index (Phi) is 4.37. The average Bonchev–Trinajstić information content (AvgIpc) is 2.53. The number of halogens is 3. The Balaban J connectivity index is 2.18. The highest BCUT2D eigenvalue weighted by atomic mass is 32.1. The largest absolute Gasteiger partial charge is 0.416 e.